The molecule has 0 aliphatic rings. The monoisotopic (exact) mass is 252 g/mol. The van der Waals surface area contributed by atoms with Crippen LogP contribution < -0.4 is 0 Å². The van der Waals surface area contributed by atoms with Gasteiger partial charge in [-0.3, -0.25) is 4.79 Å². The molecule has 0 bridgehead atoms. The van der Waals surface area contributed by atoms with Crippen molar-refractivity contribution in [2.45, 2.75) is 39.0 Å². The maximum absolute atomic E-state index is 11.7. The molecule has 0 amide bonds. The molecule has 0 aliphatic heterocycles. The van der Waals surface area contributed by atoms with Gasteiger partial charge in [0.25, 0.3) is 0 Å². The van der Waals surface area contributed by atoms with Crippen LogP contribution in [-0.2, 0) is 19.4 Å². The van der Waals surface area contributed by atoms with Crippen LogP contribution in [0.4, 0.5) is 0 Å². The highest BCUT2D eigenvalue weighted by atomic mass is 32.2. The Hall–Kier alpha value is -0.620. The first-order valence-corrected chi connectivity index (χ1v) is 6.96. The molecule has 1 N–H and O–H groups in total. The fourth-order valence-corrected chi connectivity index (χ4v) is 3.10. The maximum atomic E-state index is 11.7. The van der Waals surface area contributed by atoms with E-state index in [0.717, 1.165) is 0 Å². The highest BCUT2D eigenvalue weighted by Gasteiger charge is 2.34. The molecule has 0 saturated heterocycles. The summed E-state index contributed by atoms with van der Waals surface area (Å²) in [5, 5.41) is 7.52. The smallest absolute Gasteiger partial charge is 0.322 e. The lowest BCUT2D eigenvalue weighted by atomic mass is 10.1. The van der Waals surface area contributed by atoms with Gasteiger partial charge in [-0.05, 0) is 19.8 Å². The summed E-state index contributed by atoms with van der Waals surface area (Å²) < 4.78 is 28.6. The van der Waals surface area contributed by atoms with Crippen molar-refractivity contribution in [3.8, 4) is 0 Å². The van der Waals surface area contributed by atoms with Crippen LogP contribution >= 0.6 is 0 Å². The van der Waals surface area contributed by atoms with E-state index >= 15 is 0 Å². The third-order valence-corrected chi connectivity index (χ3v) is 4.31. The Kier molecular flexibility index (Phi) is 5.96. The van der Waals surface area contributed by atoms with Crippen LogP contribution in [0.3, 0.4) is 0 Å². The van der Waals surface area contributed by atoms with Crippen molar-refractivity contribution in [3.05, 3.63) is 0 Å². The summed E-state index contributed by atoms with van der Waals surface area (Å²) in [5.41, 5.74) is 0. The summed E-state index contributed by atoms with van der Waals surface area (Å²) >= 11 is 0. The van der Waals surface area contributed by atoms with Gasteiger partial charge in [-0.1, -0.05) is 13.8 Å². The zero-order chi connectivity index (χ0) is 12.9. The fraction of sp³-hybridized carbons (Fsp3) is 0.900. The van der Waals surface area contributed by atoms with Gasteiger partial charge in [0, 0.05) is 0 Å². The van der Waals surface area contributed by atoms with Gasteiger partial charge in [0.15, 0.2) is 15.1 Å². The van der Waals surface area contributed by atoms with Crippen molar-refractivity contribution >= 4 is 15.8 Å². The molecule has 0 fully saturated rings. The Morgan fingerprint density at radius 2 is 1.75 bits per heavy atom. The minimum Gasteiger partial charge on any atom is -0.480 e. The highest BCUT2D eigenvalue weighted by molar-refractivity contribution is 7.92. The van der Waals surface area contributed by atoms with Crippen LogP contribution in [0.25, 0.3) is 0 Å². The van der Waals surface area contributed by atoms with E-state index in [2.05, 4.69) is 0 Å². The first-order chi connectivity index (χ1) is 7.18. The molecule has 5 nitrogen and oxygen atoms in total. The molecule has 6 heteroatoms. The van der Waals surface area contributed by atoms with Crippen LogP contribution in [-0.4, -0.2) is 43.2 Å². The second-order valence-electron chi connectivity index (χ2n) is 4.29. The van der Waals surface area contributed by atoms with E-state index in [0.29, 0.717) is 0 Å². The van der Waals surface area contributed by atoms with Gasteiger partial charge in [0.05, 0.1) is 18.5 Å². The van der Waals surface area contributed by atoms with Gasteiger partial charge in [0.1, 0.15) is 0 Å². The predicted octanol–water partition coefficient (Wildman–Crippen LogP) is 0.935. The van der Waals surface area contributed by atoms with Gasteiger partial charge in [-0.25, -0.2) is 8.42 Å². The van der Waals surface area contributed by atoms with Crippen molar-refractivity contribution in [2.24, 2.45) is 5.92 Å². The van der Waals surface area contributed by atoms with Crippen LogP contribution in [0, 0.1) is 5.92 Å². The van der Waals surface area contributed by atoms with E-state index in [1.165, 1.54) is 0 Å². The molecule has 0 radical (unpaired) electrons. The number of aliphatic carboxylic acids is 1. The first kappa shape index (κ1) is 15.4. The van der Waals surface area contributed by atoms with E-state index in [9.17, 15) is 13.2 Å². The topological polar surface area (TPSA) is 80.7 Å². The average Bonchev–Trinajstić information content (AvgIpc) is 1.98. The van der Waals surface area contributed by atoms with Gasteiger partial charge >= 0.3 is 5.97 Å². The third kappa shape index (κ3) is 4.94. The number of ether oxygens (including phenoxy) is 1. The second-order valence-corrected chi connectivity index (χ2v) is 6.53. The summed E-state index contributed by atoms with van der Waals surface area (Å²) in [4.78, 5) is 10.9. The standard InChI is InChI=1S/C10H20O5S/c1-7(2)9(10(11)12)16(13,14)6-5-15-8(3)4/h7-9H,5-6H2,1-4H3,(H,11,12). The minimum atomic E-state index is -3.64. The lowest BCUT2D eigenvalue weighted by Gasteiger charge is -2.17. The largest absolute Gasteiger partial charge is 0.480 e. The first-order valence-electron chi connectivity index (χ1n) is 5.24. The molecule has 0 rings (SSSR count). The molecule has 0 aromatic heterocycles. The number of hydrogen-bond donors (Lipinski definition) is 1. The van der Waals surface area contributed by atoms with Gasteiger partial charge < -0.3 is 9.84 Å². The summed E-state index contributed by atoms with van der Waals surface area (Å²) in [6.07, 6.45) is -0.0578. The predicted molar refractivity (Wildman–Crippen MR) is 61.1 cm³/mol. The molecule has 96 valence electrons. The minimum absolute atomic E-state index is 0.0382. The Bertz CT molecular complexity index is 318. The van der Waals surface area contributed by atoms with Gasteiger partial charge in [0.2, 0.25) is 0 Å². The van der Waals surface area contributed by atoms with Crippen molar-refractivity contribution < 1.29 is 23.1 Å². The third-order valence-electron chi connectivity index (χ3n) is 2.05. The summed E-state index contributed by atoms with van der Waals surface area (Å²) in [6, 6.07) is 0. The number of hydrogen-bond acceptors (Lipinski definition) is 4. The number of carboxylic acid groups (broad SMARTS) is 1. The molecule has 16 heavy (non-hydrogen) atoms. The van der Waals surface area contributed by atoms with E-state index < -0.39 is 27.0 Å². The molecule has 0 heterocycles. The van der Waals surface area contributed by atoms with E-state index in [1.807, 2.05) is 0 Å². The second kappa shape index (κ2) is 6.20. The van der Waals surface area contributed by atoms with Crippen LogP contribution in [0.15, 0.2) is 0 Å². The van der Waals surface area contributed by atoms with E-state index in [1.54, 1.807) is 27.7 Å². The summed E-state index contributed by atoms with van der Waals surface area (Å²) in [7, 11) is -3.64. The Balaban J connectivity index is 4.56. The summed E-state index contributed by atoms with van der Waals surface area (Å²) in [6.45, 7) is 6.79. The van der Waals surface area contributed by atoms with Gasteiger partial charge in [-0.2, -0.15) is 0 Å². The van der Waals surface area contributed by atoms with Crippen LogP contribution in [0.1, 0.15) is 27.7 Å². The number of carbonyl (C=O) groups is 1. The number of rotatable bonds is 7. The maximum Gasteiger partial charge on any atom is 0.322 e. The Morgan fingerprint density at radius 3 is 2.06 bits per heavy atom. The van der Waals surface area contributed by atoms with Crippen molar-refractivity contribution in [1.82, 2.24) is 0 Å². The molecule has 0 saturated carbocycles. The SMILES string of the molecule is CC(C)OCCS(=O)(=O)C(C(=O)O)C(C)C. The molecular formula is C10H20O5S. The zero-order valence-electron chi connectivity index (χ0n) is 10.1. The molecule has 1 atom stereocenters. The van der Waals surface area contributed by atoms with Crippen molar-refractivity contribution in [1.29, 1.82) is 0 Å². The van der Waals surface area contributed by atoms with E-state index in [4.69, 9.17) is 9.84 Å². The van der Waals surface area contributed by atoms with E-state index in [-0.39, 0.29) is 18.5 Å². The lowest BCUT2D eigenvalue weighted by molar-refractivity contribution is -0.137. The lowest BCUT2D eigenvalue weighted by Crippen LogP contribution is -2.37. The fourth-order valence-electron chi connectivity index (χ4n) is 1.38. The van der Waals surface area contributed by atoms with Crippen LogP contribution in [0.5, 0.6) is 0 Å². The molecular weight excluding hydrogens is 232 g/mol. The number of sulfone groups is 1. The highest BCUT2D eigenvalue weighted by Crippen LogP contribution is 2.14. The molecule has 0 aromatic rings. The molecule has 1 unspecified atom stereocenters. The average molecular weight is 252 g/mol. The number of carboxylic acids is 1. The normalized spacial score (nSPS) is 14.4. The zero-order valence-corrected chi connectivity index (χ0v) is 11.0. The van der Waals surface area contributed by atoms with Crippen molar-refractivity contribution in [3.63, 3.8) is 0 Å². The Labute approximate surface area is 96.7 Å². The van der Waals surface area contributed by atoms with Crippen molar-refractivity contribution in [2.75, 3.05) is 12.4 Å². The van der Waals surface area contributed by atoms with Crippen LogP contribution in [0.2, 0.25) is 0 Å². The molecule has 0 aromatic carbocycles. The Morgan fingerprint density at radius 1 is 1.25 bits per heavy atom. The molecule has 0 spiro atoms. The quantitative estimate of drug-likeness (QED) is 0.729. The summed E-state index contributed by atoms with van der Waals surface area (Å²) in [5.74, 6) is -1.98. The molecule has 0 aliphatic carbocycles. The van der Waals surface area contributed by atoms with Gasteiger partial charge in [-0.15, -0.1) is 0 Å².